The Kier molecular flexibility index (Phi) is 3.13. The lowest BCUT2D eigenvalue weighted by molar-refractivity contribution is 0.272. The molecule has 0 N–H and O–H groups in total. The third-order valence-electron chi connectivity index (χ3n) is 1.98. The average molecular weight is 231 g/mol. The maximum absolute atomic E-state index is 6.04. The Morgan fingerprint density at radius 3 is 3.14 bits per heavy atom. The van der Waals surface area contributed by atoms with Gasteiger partial charge in [0, 0.05) is 0 Å². The van der Waals surface area contributed by atoms with Gasteiger partial charge < -0.3 is 4.74 Å². The van der Waals surface area contributed by atoms with E-state index in [1.807, 2.05) is 0 Å². The van der Waals surface area contributed by atoms with Crippen LogP contribution < -0.4 is 4.74 Å². The van der Waals surface area contributed by atoms with Crippen LogP contribution in [0.2, 0.25) is 5.15 Å². The van der Waals surface area contributed by atoms with E-state index in [4.69, 9.17) is 16.3 Å². The van der Waals surface area contributed by atoms with Crippen LogP contribution in [-0.4, -0.2) is 22.3 Å². The molecular weight excluding hydrogens is 220 g/mol. The van der Waals surface area contributed by atoms with Crippen molar-refractivity contribution in [2.24, 2.45) is 0 Å². The Morgan fingerprint density at radius 1 is 1.50 bits per heavy atom. The summed E-state index contributed by atoms with van der Waals surface area (Å²) in [5.74, 6) is 1.61. The molecule has 0 aromatic carbocycles. The minimum atomic E-state index is 0.547. The molecule has 0 saturated heterocycles. The second-order valence-electron chi connectivity index (χ2n) is 2.97. The van der Waals surface area contributed by atoms with Crippen molar-refractivity contribution < 1.29 is 4.74 Å². The molecule has 1 aromatic rings. The lowest BCUT2D eigenvalue weighted by Gasteiger charge is -2.16. The fourth-order valence-corrected chi connectivity index (χ4v) is 2.23. The fourth-order valence-electron chi connectivity index (χ4n) is 1.36. The molecule has 0 atom stereocenters. The molecule has 0 spiro atoms. The Morgan fingerprint density at radius 2 is 2.36 bits per heavy atom. The van der Waals surface area contributed by atoms with E-state index in [0.717, 1.165) is 30.8 Å². The molecule has 1 aromatic heterocycles. The second-order valence-corrected chi connectivity index (χ2v) is 4.55. The molecule has 0 amide bonds. The Labute approximate surface area is 92.2 Å². The number of halogens is 1. The van der Waals surface area contributed by atoms with Gasteiger partial charge in [0.25, 0.3) is 0 Å². The number of ether oxygens (including phenoxy) is 1. The normalized spacial score (nSPS) is 14.7. The number of nitrogens with zero attached hydrogens (tertiary/aromatic N) is 2. The molecule has 0 saturated carbocycles. The van der Waals surface area contributed by atoms with E-state index in [2.05, 4.69) is 16.9 Å². The van der Waals surface area contributed by atoms with Gasteiger partial charge in [-0.25, -0.2) is 4.98 Å². The predicted molar refractivity (Wildman–Crippen MR) is 57.3 cm³/mol. The standard InChI is InChI=1S/C9H11ClN2OS/c1-2-14-9-11-7(10)6-4-3-5-13-8(6)12-9/h2-5H2,1H3. The minimum absolute atomic E-state index is 0.547. The van der Waals surface area contributed by atoms with Gasteiger partial charge in [0.2, 0.25) is 5.88 Å². The molecule has 5 heteroatoms. The maximum Gasteiger partial charge on any atom is 0.222 e. The molecule has 0 unspecified atom stereocenters. The number of hydrogen-bond donors (Lipinski definition) is 0. The maximum atomic E-state index is 6.04. The molecule has 14 heavy (non-hydrogen) atoms. The quantitative estimate of drug-likeness (QED) is 0.444. The molecule has 2 rings (SSSR count). The molecule has 1 aliphatic heterocycles. The summed E-state index contributed by atoms with van der Waals surface area (Å²) in [5.41, 5.74) is 0.957. The number of rotatable bonds is 2. The van der Waals surface area contributed by atoms with Crippen molar-refractivity contribution in [1.29, 1.82) is 0 Å². The first-order valence-corrected chi connectivity index (χ1v) is 5.99. The lowest BCUT2D eigenvalue weighted by atomic mass is 10.1. The van der Waals surface area contributed by atoms with E-state index >= 15 is 0 Å². The van der Waals surface area contributed by atoms with Crippen molar-refractivity contribution in [2.45, 2.75) is 24.9 Å². The van der Waals surface area contributed by atoms with Crippen LogP contribution in [0.5, 0.6) is 5.88 Å². The highest BCUT2D eigenvalue weighted by Crippen LogP contribution is 2.30. The van der Waals surface area contributed by atoms with Crippen LogP contribution in [0.4, 0.5) is 0 Å². The predicted octanol–water partition coefficient (Wildman–Crippen LogP) is 2.57. The summed E-state index contributed by atoms with van der Waals surface area (Å²) in [4.78, 5) is 8.52. The Bertz CT molecular complexity index is 346. The molecular formula is C9H11ClN2OS. The topological polar surface area (TPSA) is 35.0 Å². The molecule has 1 aliphatic rings. The number of fused-ring (bicyclic) bond motifs is 1. The van der Waals surface area contributed by atoms with Gasteiger partial charge >= 0.3 is 0 Å². The highest BCUT2D eigenvalue weighted by atomic mass is 35.5. The summed E-state index contributed by atoms with van der Waals surface area (Å²) < 4.78 is 5.44. The first-order valence-electron chi connectivity index (χ1n) is 4.63. The van der Waals surface area contributed by atoms with Gasteiger partial charge in [-0.2, -0.15) is 4.98 Å². The van der Waals surface area contributed by atoms with E-state index in [1.54, 1.807) is 11.8 Å². The number of aromatic nitrogens is 2. The molecule has 0 fully saturated rings. The van der Waals surface area contributed by atoms with Crippen LogP contribution in [0.25, 0.3) is 0 Å². The largest absolute Gasteiger partial charge is 0.477 e. The number of hydrogen-bond acceptors (Lipinski definition) is 4. The summed E-state index contributed by atoms with van der Waals surface area (Å²) in [6.45, 7) is 2.79. The van der Waals surface area contributed by atoms with Gasteiger partial charge in [-0.3, -0.25) is 0 Å². The van der Waals surface area contributed by atoms with Crippen molar-refractivity contribution >= 4 is 23.4 Å². The monoisotopic (exact) mass is 230 g/mol. The number of thioether (sulfide) groups is 1. The van der Waals surface area contributed by atoms with E-state index in [9.17, 15) is 0 Å². The Balaban J connectivity index is 2.36. The summed E-state index contributed by atoms with van der Waals surface area (Å²) >= 11 is 7.61. The van der Waals surface area contributed by atoms with E-state index in [1.165, 1.54) is 0 Å². The van der Waals surface area contributed by atoms with E-state index in [0.29, 0.717) is 16.2 Å². The van der Waals surface area contributed by atoms with Gasteiger partial charge in [-0.05, 0) is 18.6 Å². The van der Waals surface area contributed by atoms with Crippen LogP contribution in [0.15, 0.2) is 5.16 Å². The van der Waals surface area contributed by atoms with E-state index in [-0.39, 0.29) is 0 Å². The van der Waals surface area contributed by atoms with Crippen LogP contribution in [0.1, 0.15) is 18.9 Å². The first kappa shape index (κ1) is 10.1. The van der Waals surface area contributed by atoms with Gasteiger partial charge in [0.15, 0.2) is 5.16 Å². The lowest BCUT2D eigenvalue weighted by Crippen LogP contribution is -2.11. The Hall–Kier alpha value is -0.480. The van der Waals surface area contributed by atoms with Crippen molar-refractivity contribution in [3.8, 4) is 5.88 Å². The summed E-state index contributed by atoms with van der Waals surface area (Å²) in [6.07, 6.45) is 1.92. The zero-order valence-corrected chi connectivity index (χ0v) is 9.49. The molecule has 76 valence electrons. The van der Waals surface area contributed by atoms with Gasteiger partial charge in [-0.1, -0.05) is 30.3 Å². The molecule has 3 nitrogen and oxygen atoms in total. The molecule has 2 heterocycles. The van der Waals surface area contributed by atoms with Crippen molar-refractivity contribution in [3.05, 3.63) is 10.7 Å². The summed E-state index contributed by atoms with van der Waals surface area (Å²) in [5, 5.41) is 1.25. The van der Waals surface area contributed by atoms with Gasteiger partial charge in [0.1, 0.15) is 5.15 Å². The van der Waals surface area contributed by atoms with E-state index < -0.39 is 0 Å². The van der Waals surface area contributed by atoms with Crippen molar-refractivity contribution in [1.82, 2.24) is 9.97 Å². The SMILES string of the molecule is CCSc1nc(Cl)c2c(n1)OCCC2. The summed E-state index contributed by atoms with van der Waals surface area (Å²) in [7, 11) is 0. The molecule has 0 aliphatic carbocycles. The van der Waals surface area contributed by atoms with Crippen LogP contribution in [-0.2, 0) is 6.42 Å². The van der Waals surface area contributed by atoms with Crippen LogP contribution in [0.3, 0.4) is 0 Å². The average Bonchev–Trinajstić information content (AvgIpc) is 2.18. The summed E-state index contributed by atoms with van der Waals surface area (Å²) in [6, 6.07) is 0. The third-order valence-corrected chi connectivity index (χ3v) is 3.02. The molecule has 0 bridgehead atoms. The third kappa shape index (κ3) is 1.96. The van der Waals surface area contributed by atoms with Crippen molar-refractivity contribution in [2.75, 3.05) is 12.4 Å². The first-order chi connectivity index (χ1) is 6.81. The molecule has 0 radical (unpaired) electrons. The zero-order valence-electron chi connectivity index (χ0n) is 7.92. The smallest absolute Gasteiger partial charge is 0.222 e. The highest BCUT2D eigenvalue weighted by molar-refractivity contribution is 7.99. The van der Waals surface area contributed by atoms with Gasteiger partial charge in [-0.15, -0.1) is 0 Å². The van der Waals surface area contributed by atoms with Gasteiger partial charge in [0.05, 0.1) is 12.2 Å². The van der Waals surface area contributed by atoms with Crippen LogP contribution >= 0.6 is 23.4 Å². The zero-order chi connectivity index (χ0) is 9.97. The van der Waals surface area contributed by atoms with Crippen molar-refractivity contribution in [3.63, 3.8) is 0 Å². The minimum Gasteiger partial charge on any atom is -0.477 e. The van der Waals surface area contributed by atoms with Crippen LogP contribution in [0, 0.1) is 0 Å². The fraction of sp³-hybridized carbons (Fsp3) is 0.556. The second kappa shape index (κ2) is 4.36. The highest BCUT2D eigenvalue weighted by Gasteiger charge is 2.17.